The molecule has 0 bridgehead atoms. The second kappa shape index (κ2) is 5.38. The number of halogens is 4. The SMILES string of the molecule is COc1c(C(F)(F)F)ccc(C(=O)Nc2nnco2)c1F. The molecule has 1 heterocycles. The Morgan fingerprint density at radius 2 is 2.10 bits per heavy atom. The van der Waals surface area contributed by atoms with Crippen molar-refractivity contribution in [2.45, 2.75) is 6.18 Å². The largest absolute Gasteiger partial charge is 0.493 e. The number of carbonyl (C=O) groups excluding carboxylic acids is 1. The molecule has 21 heavy (non-hydrogen) atoms. The van der Waals surface area contributed by atoms with Gasteiger partial charge in [0.1, 0.15) is 5.56 Å². The standard InChI is InChI=1S/C11H7F4N3O3/c1-20-8-6(11(13,14)15)3-2-5(7(8)12)9(19)17-10-18-16-4-21-10/h2-4H,1H3,(H,17,18,19). The first-order chi connectivity index (χ1) is 9.84. The molecule has 0 unspecified atom stereocenters. The monoisotopic (exact) mass is 305 g/mol. The summed E-state index contributed by atoms with van der Waals surface area (Å²) in [5.74, 6) is -3.56. The molecule has 0 radical (unpaired) electrons. The summed E-state index contributed by atoms with van der Waals surface area (Å²) in [6.07, 6.45) is -3.90. The summed E-state index contributed by atoms with van der Waals surface area (Å²) in [4.78, 5) is 11.7. The number of alkyl halides is 3. The number of nitrogens with one attached hydrogen (secondary N) is 1. The van der Waals surface area contributed by atoms with Gasteiger partial charge in [-0.05, 0) is 12.1 Å². The number of carbonyl (C=O) groups is 1. The number of hydrogen-bond acceptors (Lipinski definition) is 5. The molecular weight excluding hydrogens is 298 g/mol. The predicted octanol–water partition coefficient (Wildman–Crippen LogP) is 2.49. The van der Waals surface area contributed by atoms with Crippen molar-refractivity contribution >= 4 is 11.9 Å². The molecule has 0 saturated carbocycles. The van der Waals surface area contributed by atoms with Gasteiger partial charge in [0.2, 0.25) is 6.39 Å². The van der Waals surface area contributed by atoms with Crippen molar-refractivity contribution in [1.29, 1.82) is 0 Å². The Morgan fingerprint density at radius 3 is 2.62 bits per heavy atom. The van der Waals surface area contributed by atoms with E-state index >= 15 is 0 Å². The Balaban J connectivity index is 2.40. The van der Waals surface area contributed by atoms with Crippen LogP contribution in [0.2, 0.25) is 0 Å². The van der Waals surface area contributed by atoms with Crippen LogP contribution in [0, 0.1) is 5.82 Å². The molecule has 0 fully saturated rings. The summed E-state index contributed by atoms with van der Waals surface area (Å²) in [5, 5.41) is 8.63. The van der Waals surface area contributed by atoms with Gasteiger partial charge in [0.25, 0.3) is 5.91 Å². The summed E-state index contributed by atoms with van der Waals surface area (Å²) in [6, 6.07) is 0.912. The van der Waals surface area contributed by atoms with E-state index in [9.17, 15) is 22.4 Å². The number of rotatable bonds is 3. The highest BCUT2D eigenvalue weighted by molar-refractivity contribution is 6.03. The maximum Gasteiger partial charge on any atom is 0.420 e. The zero-order valence-electron chi connectivity index (χ0n) is 10.4. The first-order valence-corrected chi connectivity index (χ1v) is 5.35. The van der Waals surface area contributed by atoms with Gasteiger partial charge in [-0.25, -0.2) is 4.39 Å². The van der Waals surface area contributed by atoms with Crippen molar-refractivity contribution in [1.82, 2.24) is 10.2 Å². The summed E-state index contributed by atoms with van der Waals surface area (Å²) in [6.45, 7) is 0. The van der Waals surface area contributed by atoms with E-state index in [1.807, 2.05) is 5.32 Å². The zero-order valence-corrected chi connectivity index (χ0v) is 10.4. The lowest BCUT2D eigenvalue weighted by Crippen LogP contribution is -2.17. The second-order valence-corrected chi connectivity index (χ2v) is 3.70. The van der Waals surface area contributed by atoms with E-state index in [4.69, 9.17) is 0 Å². The number of anilines is 1. The van der Waals surface area contributed by atoms with Crippen molar-refractivity contribution < 1.29 is 31.5 Å². The van der Waals surface area contributed by atoms with Crippen molar-refractivity contribution in [3.8, 4) is 5.75 Å². The summed E-state index contributed by atoms with van der Waals surface area (Å²) in [5.41, 5.74) is -1.98. The molecule has 1 aromatic heterocycles. The Kier molecular flexibility index (Phi) is 3.78. The number of ether oxygens (including phenoxy) is 1. The molecule has 2 rings (SSSR count). The first-order valence-electron chi connectivity index (χ1n) is 5.35. The van der Waals surface area contributed by atoms with Crippen LogP contribution in [0.1, 0.15) is 15.9 Å². The third-order valence-corrected chi connectivity index (χ3v) is 2.43. The molecule has 0 spiro atoms. The summed E-state index contributed by atoms with van der Waals surface area (Å²) < 4.78 is 61.0. The molecule has 6 nitrogen and oxygen atoms in total. The normalized spacial score (nSPS) is 11.3. The average molecular weight is 305 g/mol. The minimum atomic E-state index is -4.81. The average Bonchev–Trinajstić information content (AvgIpc) is 2.89. The molecule has 1 N–H and O–H groups in total. The third kappa shape index (κ3) is 2.93. The van der Waals surface area contributed by atoms with Gasteiger partial charge in [0, 0.05) is 0 Å². The van der Waals surface area contributed by atoms with Gasteiger partial charge in [-0.2, -0.15) is 13.2 Å². The van der Waals surface area contributed by atoms with Crippen LogP contribution in [-0.2, 0) is 6.18 Å². The topological polar surface area (TPSA) is 77.2 Å². The molecule has 1 aromatic carbocycles. The molecule has 2 aromatic rings. The summed E-state index contributed by atoms with van der Waals surface area (Å²) in [7, 11) is 0.868. The fraction of sp³-hybridized carbons (Fsp3) is 0.182. The quantitative estimate of drug-likeness (QED) is 0.882. The molecule has 1 amide bonds. The van der Waals surface area contributed by atoms with E-state index in [0.29, 0.717) is 12.1 Å². The number of amides is 1. The highest BCUT2D eigenvalue weighted by Gasteiger charge is 2.37. The predicted molar refractivity (Wildman–Crippen MR) is 60.2 cm³/mol. The van der Waals surface area contributed by atoms with Crippen molar-refractivity contribution in [2.24, 2.45) is 0 Å². The molecule has 112 valence electrons. The molecule has 10 heteroatoms. The van der Waals surface area contributed by atoms with Gasteiger partial charge in [-0.1, -0.05) is 5.10 Å². The molecule has 0 saturated heterocycles. The van der Waals surface area contributed by atoms with Gasteiger partial charge in [0.15, 0.2) is 11.6 Å². The van der Waals surface area contributed by atoms with Crippen LogP contribution in [0.3, 0.4) is 0 Å². The highest BCUT2D eigenvalue weighted by atomic mass is 19.4. The first kappa shape index (κ1) is 14.8. The lowest BCUT2D eigenvalue weighted by Gasteiger charge is -2.14. The molecular formula is C11H7F4N3O3. The highest BCUT2D eigenvalue weighted by Crippen LogP contribution is 2.38. The maximum absolute atomic E-state index is 14.0. The minimum Gasteiger partial charge on any atom is -0.493 e. The van der Waals surface area contributed by atoms with Gasteiger partial charge in [0.05, 0.1) is 12.7 Å². The molecule has 0 aliphatic rings. The second-order valence-electron chi connectivity index (χ2n) is 3.70. The smallest absolute Gasteiger partial charge is 0.420 e. The Morgan fingerprint density at radius 1 is 1.38 bits per heavy atom. The van der Waals surface area contributed by atoms with E-state index in [-0.39, 0.29) is 6.01 Å². The van der Waals surface area contributed by atoms with Gasteiger partial charge in [-0.15, -0.1) is 5.10 Å². The Labute approximate surface area is 114 Å². The van der Waals surface area contributed by atoms with Crippen LogP contribution in [0.25, 0.3) is 0 Å². The van der Waals surface area contributed by atoms with Crippen molar-refractivity contribution in [3.05, 3.63) is 35.5 Å². The number of methoxy groups -OCH3 is 1. The van der Waals surface area contributed by atoms with E-state index in [1.165, 1.54) is 0 Å². The third-order valence-electron chi connectivity index (χ3n) is 2.43. The van der Waals surface area contributed by atoms with Gasteiger partial charge in [-0.3, -0.25) is 10.1 Å². The van der Waals surface area contributed by atoms with Crippen LogP contribution >= 0.6 is 0 Å². The van der Waals surface area contributed by atoms with Crippen molar-refractivity contribution in [3.63, 3.8) is 0 Å². The van der Waals surface area contributed by atoms with Crippen molar-refractivity contribution in [2.75, 3.05) is 12.4 Å². The molecule has 0 aliphatic carbocycles. The van der Waals surface area contributed by atoms with Crippen LogP contribution < -0.4 is 10.1 Å². The Hall–Kier alpha value is -2.65. The van der Waals surface area contributed by atoms with Crippen LogP contribution in [-0.4, -0.2) is 23.2 Å². The van der Waals surface area contributed by atoms with E-state index in [2.05, 4.69) is 19.4 Å². The van der Waals surface area contributed by atoms with Crippen LogP contribution in [0.15, 0.2) is 22.9 Å². The maximum atomic E-state index is 14.0. The minimum absolute atomic E-state index is 0.321. The number of benzene rings is 1. The fourth-order valence-electron chi connectivity index (χ4n) is 1.55. The Bertz CT molecular complexity index is 655. The lowest BCUT2D eigenvalue weighted by molar-refractivity contribution is -0.139. The van der Waals surface area contributed by atoms with Gasteiger partial charge >= 0.3 is 12.2 Å². The van der Waals surface area contributed by atoms with E-state index < -0.39 is 34.8 Å². The fourth-order valence-corrected chi connectivity index (χ4v) is 1.55. The lowest BCUT2D eigenvalue weighted by atomic mass is 10.1. The van der Waals surface area contributed by atoms with E-state index in [0.717, 1.165) is 13.5 Å². The van der Waals surface area contributed by atoms with E-state index in [1.54, 1.807) is 0 Å². The molecule has 0 aliphatic heterocycles. The number of aromatic nitrogens is 2. The summed E-state index contributed by atoms with van der Waals surface area (Å²) >= 11 is 0. The molecule has 0 atom stereocenters. The van der Waals surface area contributed by atoms with Crippen LogP contribution in [0.5, 0.6) is 5.75 Å². The zero-order chi connectivity index (χ0) is 15.6. The number of nitrogens with zero attached hydrogens (tertiary/aromatic N) is 2. The van der Waals surface area contributed by atoms with Gasteiger partial charge < -0.3 is 9.15 Å². The van der Waals surface area contributed by atoms with Crippen LogP contribution in [0.4, 0.5) is 23.6 Å². The number of hydrogen-bond donors (Lipinski definition) is 1.